The molecule has 1 aromatic carbocycles. The van der Waals surface area contributed by atoms with Crippen molar-refractivity contribution in [3.63, 3.8) is 0 Å². The maximum Gasteiger partial charge on any atom is 0.251 e. The number of nitrogens with one attached hydrogen (secondary N) is 1. The van der Waals surface area contributed by atoms with Crippen molar-refractivity contribution in [1.82, 2.24) is 5.32 Å². The van der Waals surface area contributed by atoms with Gasteiger partial charge in [-0.25, -0.2) is 4.39 Å². The summed E-state index contributed by atoms with van der Waals surface area (Å²) in [7, 11) is 0. The summed E-state index contributed by atoms with van der Waals surface area (Å²) < 4.78 is 13.2. The normalized spacial score (nSPS) is 23.1. The molecular weight excluding hydrogens is 233 g/mol. The Balaban J connectivity index is 2.07. The Morgan fingerprint density at radius 3 is 2.89 bits per heavy atom. The van der Waals surface area contributed by atoms with Crippen molar-refractivity contribution in [2.24, 2.45) is 5.92 Å². The van der Waals surface area contributed by atoms with Gasteiger partial charge in [-0.05, 0) is 43.5 Å². The Hall–Kier alpha value is -1.42. The summed E-state index contributed by atoms with van der Waals surface area (Å²) in [6.07, 6.45) is 2.83. The smallest absolute Gasteiger partial charge is 0.251 e. The van der Waals surface area contributed by atoms with Crippen molar-refractivity contribution in [3.05, 3.63) is 35.1 Å². The Morgan fingerprint density at radius 2 is 2.22 bits per heavy atom. The van der Waals surface area contributed by atoms with Crippen molar-refractivity contribution < 1.29 is 14.3 Å². The molecule has 18 heavy (non-hydrogen) atoms. The lowest BCUT2D eigenvalue weighted by Crippen LogP contribution is -2.38. The van der Waals surface area contributed by atoms with Crippen LogP contribution in [0.25, 0.3) is 0 Å². The Morgan fingerprint density at radius 1 is 1.44 bits per heavy atom. The predicted molar refractivity (Wildman–Crippen MR) is 66.8 cm³/mol. The van der Waals surface area contributed by atoms with Crippen LogP contribution in [0, 0.1) is 18.7 Å². The molecule has 4 heteroatoms. The summed E-state index contributed by atoms with van der Waals surface area (Å²) in [6.45, 7) is 1.85. The van der Waals surface area contributed by atoms with Gasteiger partial charge in [-0.15, -0.1) is 0 Å². The number of carbonyl (C=O) groups excluding carboxylic acids is 1. The lowest BCUT2D eigenvalue weighted by Gasteiger charge is -2.19. The zero-order valence-corrected chi connectivity index (χ0v) is 10.4. The van der Waals surface area contributed by atoms with Gasteiger partial charge in [-0.3, -0.25) is 4.79 Å². The van der Waals surface area contributed by atoms with E-state index in [4.69, 9.17) is 0 Å². The van der Waals surface area contributed by atoms with E-state index in [9.17, 15) is 14.3 Å². The van der Waals surface area contributed by atoms with Crippen molar-refractivity contribution in [3.8, 4) is 0 Å². The highest BCUT2D eigenvalue weighted by molar-refractivity contribution is 5.94. The van der Waals surface area contributed by atoms with Gasteiger partial charge in [0, 0.05) is 24.1 Å². The predicted octanol–water partition coefficient (Wildman–Crippen LogP) is 2.02. The number of carbonyl (C=O) groups is 1. The number of aryl methyl sites for hydroxylation is 1. The molecule has 0 spiro atoms. The summed E-state index contributed by atoms with van der Waals surface area (Å²) in [6, 6.07) is 4.31. The summed E-state index contributed by atoms with van der Waals surface area (Å²) in [5.74, 6) is -0.531. The van der Waals surface area contributed by atoms with Crippen LogP contribution < -0.4 is 5.32 Å². The first-order valence-corrected chi connectivity index (χ1v) is 6.29. The number of rotatable bonds is 3. The van der Waals surface area contributed by atoms with Gasteiger partial charge in [-0.1, -0.05) is 6.42 Å². The first-order valence-electron chi connectivity index (χ1n) is 6.29. The van der Waals surface area contributed by atoms with Crippen LogP contribution in [0.5, 0.6) is 0 Å². The van der Waals surface area contributed by atoms with Gasteiger partial charge in [0.2, 0.25) is 0 Å². The topological polar surface area (TPSA) is 49.3 Å². The van der Waals surface area contributed by atoms with E-state index in [1.807, 2.05) is 0 Å². The molecule has 1 amide bonds. The van der Waals surface area contributed by atoms with Gasteiger partial charge in [0.15, 0.2) is 0 Å². The largest absolute Gasteiger partial charge is 0.396 e. The fraction of sp³-hybridized carbons (Fsp3) is 0.500. The van der Waals surface area contributed by atoms with Crippen LogP contribution in [0.2, 0.25) is 0 Å². The number of aliphatic hydroxyl groups is 1. The first-order chi connectivity index (χ1) is 8.60. The van der Waals surface area contributed by atoms with Crippen LogP contribution in [0.1, 0.15) is 35.2 Å². The quantitative estimate of drug-likeness (QED) is 0.863. The minimum absolute atomic E-state index is 0.00562. The fourth-order valence-electron chi connectivity index (χ4n) is 2.56. The molecule has 1 aliphatic carbocycles. The molecule has 2 rings (SSSR count). The average molecular weight is 251 g/mol. The Kier molecular flexibility index (Phi) is 3.97. The fourth-order valence-corrected chi connectivity index (χ4v) is 2.56. The third kappa shape index (κ3) is 2.88. The lowest BCUT2D eigenvalue weighted by atomic mass is 10.0. The summed E-state index contributed by atoms with van der Waals surface area (Å²) in [5.41, 5.74) is 1.07. The van der Waals surface area contributed by atoms with Crippen molar-refractivity contribution in [2.75, 3.05) is 6.61 Å². The molecule has 1 saturated carbocycles. The van der Waals surface area contributed by atoms with Gasteiger partial charge < -0.3 is 10.4 Å². The molecule has 98 valence electrons. The van der Waals surface area contributed by atoms with E-state index in [2.05, 4.69) is 5.32 Å². The summed E-state index contributed by atoms with van der Waals surface area (Å²) in [4.78, 5) is 12.0. The van der Waals surface area contributed by atoms with E-state index < -0.39 is 5.82 Å². The van der Waals surface area contributed by atoms with E-state index in [0.717, 1.165) is 24.8 Å². The van der Waals surface area contributed by atoms with Crippen LogP contribution in [0.4, 0.5) is 4.39 Å². The second-order valence-electron chi connectivity index (χ2n) is 4.97. The second kappa shape index (κ2) is 5.48. The molecule has 2 atom stereocenters. The summed E-state index contributed by atoms with van der Waals surface area (Å²) in [5, 5.41) is 12.1. The number of amides is 1. The van der Waals surface area contributed by atoms with E-state index in [-0.39, 0.29) is 24.5 Å². The third-order valence-electron chi connectivity index (χ3n) is 3.51. The molecule has 0 radical (unpaired) electrons. The molecule has 2 unspecified atom stereocenters. The average Bonchev–Trinajstić information content (AvgIpc) is 2.75. The van der Waals surface area contributed by atoms with E-state index in [1.165, 1.54) is 12.1 Å². The molecule has 0 bridgehead atoms. The minimum atomic E-state index is -0.398. The molecule has 0 aliphatic heterocycles. The molecular formula is C14H18FNO2. The summed E-state index contributed by atoms with van der Waals surface area (Å²) >= 11 is 0. The molecule has 0 saturated heterocycles. The number of halogens is 1. The Labute approximate surface area is 106 Å². The van der Waals surface area contributed by atoms with Gasteiger partial charge in [-0.2, -0.15) is 0 Å². The second-order valence-corrected chi connectivity index (χ2v) is 4.97. The number of hydrogen-bond donors (Lipinski definition) is 2. The van der Waals surface area contributed by atoms with Crippen molar-refractivity contribution in [2.45, 2.75) is 32.2 Å². The van der Waals surface area contributed by atoms with Gasteiger partial charge in [0.05, 0.1) is 0 Å². The third-order valence-corrected chi connectivity index (χ3v) is 3.51. The van der Waals surface area contributed by atoms with Crippen LogP contribution >= 0.6 is 0 Å². The maximum absolute atomic E-state index is 13.2. The lowest BCUT2D eigenvalue weighted by molar-refractivity contribution is 0.0915. The molecule has 3 nitrogen and oxygen atoms in total. The van der Waals surface area contributed by atoms with E-state index >= 15 is 0 Å². The highest BCUT2D eigenvalue weighted by atomic mass is 19.1. The maximum atomic E-state index is 13.2. The van der Waals surface area contributed by atoms with Crippen molar-refractivity contribution in [1.29, 1.82) is 0 Å². The van der Waals surface area contributed by atoms with Crippen LogP contribution in [0.3, 0.4) is 0 Å². The van der Waals surface area contributed by atoms with Crippen LogP contribution in [-0.2, 0) is 0 Å². The van der Waals surface area contributed by atoms with Crippen molar-refractivity contribution >= 4 is 5.91 Å². The first kappa shape index (κ1) is 13.0. The zero-order valence-electron chi connectivity index (χ0n) is 10.4. The molecule has 0 heterocycles. The molecule has 2 N–H and O–H groups in total. The Bertz CT molecular complexity index is 427. The van der Waals surface area contributed by atoms with Gasteiger partial charge in [0.25, 0.3) is 5.91 Å². The highest BCUT2D eigenvalue weighted by Crippen LogP contribution is 2.25. The molecule has 1 aliphatic rings. The van der Waals surface area contributed by atoms with Crippen LogP contribution in [0.15, 0.2) is 18.2 Å². The monoisotopic (exact) mass is 251 g/mol. The zero-order chi connectivity index (χ0) is 13.1. The number of hydrogen-bond acceptors (Lipinski definition) is 2. The van der Waals surface area contributed by atoms with E-state index in [0.29, 0.717) is 5.56 Å². The number of aliphatic hydroxyl groups excluding tert-OH is 1. The molecule has 1 aromatic rings. The molecule has 1 fully saturated rings. The van der Waals surface area contributed by atoms with Gasteiger partial charge >= 0.3 is 0 Å². The van der Waals surface area contributed by atoms with Crippen LogP contribution in [-0.4, -0.2) is 23.7 Å². The van der Waals surface area contributed by atoms with Gasteiger partial charge in [0.1, 0.15) is 5.82 Å². The minimum Gasteiger partial charge on any atom is -0.396 e. The SMILES string of the molecule is Cc1cc(F)cc(C(=O)NC2CCCC2CO)c1. The standard InChI is InChI=1S/C14H18FNO2/c1-9-5-11(7-12(15)6-9)14(18)16-13-4-2-3-10(13)8-17/h5-7,10,13,17H,2-4,8H2,1H3,(H,16,18). The van der Waals surface area contributed by atoms with E-state index in [1.54, 1.807) is 13.0 Å². The molecule has 0 aromatic heterocycles. The number of benzene rings is 1. The highest BCUT2D eigenvalue weighted by Gasteiger charge is 2.28.